The van der Waals surface area contributed by atoms with Gasteiger partial charge in [0.25, 0.3) is 0 Å². The van der Waals surface area contributed by atoms with Gasteiger partial charge in [-0.05, 0) is 30.7 Å². The second kappa shape index (κ2) is 4.02. The van der Waals surface area contributed by atoms with Crippen LogP contribution in [0, 0.1) is 5.41 Å². The van der Waals surface area contributed by atoms with Crippen molar-refractivity contribution < 1.29 is 4.79 Å². The highest BCUT2D eigenvalue weighted by Gasteiger charge is 2.48. The molecule has 0 bridgehead atoms. The van der Waals surface area contributed by atoms with Crippen LogP contribution in [0.1, 0.15) is 24.8 Å². The SMILES string of the molecule is O=CNCc1cccnc1N1CCC2(CC2)C1. The third-order valence-electron chi connectivity index (χ3n) is 3.94. The van der Waals surface area contributed by atoms with Crippen LogP contribution in [0.15, 0.2) is 18.3 Å². The molecule has 1 saturated heterocycles. The first-order chi connectivity index (χ1) is 8.33. The molecule has 2 fully saturated rings. The summed E-state index contributed by atoms with van der Waals surface area (Å²) in [7, 11) is 0. The van der Waals surface area contributed by atoms with Crippen molar-refractivity contribution in [3.63, 3.8) is 0 Å². The van der Waals surface area contributed by atoms with Crippen LogP contribution in [-0.4, -0.2) is 24.5 Å². The van der Waals surface area contributed by atoms with E-state index in [9.17, 15) is 4.79 Å². The van der Waals surface area contributed by atoms with Gasteiger partial charge < -0.3 is 10.2 Å². The Hall–Kier alpha value is -1.58. The van der Waals surface area contributed by atoms with Crippen molar-refractivity contribution >= 4 is 12.2 Å². The van der Waals surface area contributed by atoms with Crippen LogP contribution in [0.4, 0.5) is 5.82 Å². The van der Waals surface area contributed by atoms with Crippen molar-refractivity contribution in [1.82, 2.24) is 10.3 Å². The molecule has 90 valence electrons. The highest BCUT2D eigenvalue weighted by molar-refractivity contribution is 5.52. The van der Waals surface area contributed by atoms with Crippen LogP contribution in [-0.2, 0) is 11.3 Å². The van der Waals surface area contributed by atoms with E-state index in [1.807, 2.05) is 18.3 Å². The number of nitrogens with one attached hydrogen (secondary N) is 1. The van der Waals surface area contributed by atoms with Gasteiger partial charge in [0.1, 0.15) is 5.82 Å². The molecule has 1 aliphatic heterocycles. The average Bonchev–Trinajstić information content (AvgIpc) is 2.98. The first-order valence-corrected chi connectivity index (χ1v) is 6.19. The number of aromatic nitrogens is 1. The molecular formula is C13H17N3O. The average molecular weight is 231 g/mol. The van der Waals surface area contributed by atoms with Crippen LogP contribution in [0.2, 0.25) is 0 Å². The molecule has 4 heteroatoms. The van der Waals surface area contributed by atoms with Gasteiger partial charge in [-0.2, -0.15) is 0 Å². The minimum atomic E-state index is 0.566. The molecule has 4 nitrogen and oxygen atoms in total. The Bertz CT molecular complexity index is 428. The number of carbonyl (C=O) groups is 1. The Kier molecular flexibility index (Phi) is 2.50. The van der Waals surface area contributed by atoms with Crippen molar-refractivity contribution in [1.29, 1.82) is 0 Å². The lowest BCUT2D eigenvalue weighted by Crippen LogP contribution is -2.24. The number of amides is 1. The zero-order valence-electron chi connectivity index (χ0n) is 9.85. The standard InChI is InChI=1S/C13H17N3O/c17-10-14-8-11-2-1-6-15-12(11)16-7-5-13(9-16)3-4-13/h1-2,6,10H,3-5,7-9H2,(H,14,17). The summed E-state index contributed by atoms with van der Waals surface area (Å²) in [6.45, 7) is 2.80. The molecule has 0 atom stereocenters. The maximum Gasteiger partial charge on any atom is 0.207 e. The van der Waals surface area contributed by atoms with Crippen LogP contribution in [0.5, 0.6) is 0 Å². The third kappa shape index (κ3) is 1.99. The fraction of sp³-hybridized carbons (Fsp3) is 0.538. The summed E-state index contributed by atoms with van der Waals surface area (Å²) >= 11 is 0. The zero-order valence-corrected chi connectivity index (χ0v) is 9.85. The van der Waals surface area contributed by atoms with E-state index in [-0.39, 0.29) is 0 Å². The summed E-state index contributed by atoms with van der Waals surface area (Å²) in [4.78, 5) is 17.2. The largest absolute Gasteiger partial charge is 0.356 e. The van der Waals surface area contributed by atoms with Crippen molar-refractivity contribution in [3.8, 4) is 0 Å². The highest BCUT2D eigenvalue weighted by atomic mass is 16.1. The number of hydrogen-bond donors (Lipinski definition) is 1. The fourth-order valence-corrected chi connectivity index (χ4v) is 2.71. The molecule has 2 heterocycles. The van der Waals surface area contributed by atoms with Crippen LogP contribution < -0.4 is 10.2 Å². The quantitative estimate of drug-likeness (QED) is 0.795. The smallest absolute Gasteiger partial charge is 0.207 e. The molecule has 17 heavy (non-hydrogen) atoms. The van der Waals surface area contributed by atoms with Crippen LogP contribution in [0.25, 0.3) is 0 Å². The zero-order chi connectivity index (χ0) is 11.7. The fourth-order valence-electron chi connectivity index (χ4n) is 2.71. The predicted molar refractivity (Wildman–Crippen MR) is 65.6 cm³/mol. The van der Waals surface area contributed by atoms with Gasteiger partial charge >= 0.3 is 0 Å². The molecular weight excluding hydrogens is 214 g/mol. The van der Waals surface area contributed by atoms with Crippen molar-refractivity contribution in [2.24, 2.45) is 5.41 Å². The predicted octanol–water partition coefficient (Wildman–Crippen LogP) is 1.32. The van der Waals surface area contributed by atoms with E-state index in [4.69, 9.17) is 0 Å². The van der Waals surface area contributed by atoms with E-state index in [0.717, 1.165) is 30.9 Å². The maximum absolute atomic E-state index is 10.4. The van der Waals surface area contributed by atoms with Crippen molar-refractivity contribution in [2.75, 3.05) is 18.0 Å². The van der Waals surface area contributed by atoms with Gasteiger partial charge in [0.2, 0.25) is 6.41 Å². The van der Waals surface area contributed by atoms with E-state index < -0.39 is 0 Å². The molecule has 1 amide bonds. The second-order valence-corrected chi connectivity index (χ2v) is 5.16. The minimum Gasteiger partial charge on any atom is -0.356 e. The van der Waals surface area contributed by atoms with E-state index in [2.05, 4.69) is 15.2 Å². The summed E-state index contributed by atoms with van der Waals surface area (Å²) in [6.07, 6.45) is 6.61. The monoisotopic (exact) mass is 231 g/mol. The summed E-state index contributed by atoms with van der Waals surface area (Å²) in [5.74, 6) is 1.05. The lowest BCUT2D eigenvalue weighted by molar-refractivity contribution is -0.109. The number of nitrogens with zero attached hydrogens (tertiary/aromatic N) is 2. The Labute approximate surface area is 101 Å². The molecule has 0 unspecified atom stereocenters. The van der Waals surface area contributed by atoms with Gasteiger partial charge in [0, 0.05) is 31.4 Å². The Balaban J connectivity index is 1.79. The summed E-state index contributed by atoms with van der Waals surface area (Å²) in [6, 6.07) is 3.96. The van der Waals surface area contributed by atoms with Gasteiger partial charge in [-0.3, -0.25) is 4.79 Å². The Morgan fingerprint density at radius 1 is 1.47 bits per heavy atom. The Morgan fingerprint density at radius 3 is 3.06 bits per heavy atom. The molecule has 1 spiro atoms. The summed E-state index contributed by atoms with van der Waals surface area (Å²) in [5, 5.41) is 2.72. The van der Waals surface area contributed by atoms with Crippen molar-refractivity contribution in [3.05, 3.63) is 23.9 Å². The molecule has 1 saturated carbocycles. The lowest BCUT2D eigenvalue weighted by Gasteiger charge is -2.20. The first-order valence-electron chi connectivity index (χ1n) is 6.19. The van der Waals surface area contributed by atoms with E-state index in [1.54, 1.807) is 0 Å². The molecule has 1 aliphatic carbocycles. The van der Waals surface area contributed by atoms with Gasteiger partial charge in [-0.1, -0.05) is 6.07 Å². The van der Waals surface area contributed by atoms with E-state index >= 15 is 0 Å². The van der Waals surface area contributed by atoms with Crippen LogP contribution in [0.3, 0.4) is 0 Å². The van der Waals surface area contributed by atoms with Gasteiger partial charge in [0.15, 0.2) is 0 Å². The number of anilines is 1. The molecule has 1 aromatic rings. The van der Waals surface area contributed by atoms with E-state index in [1.165, 1.54) is 19.3 Å². The molecule has 1 N–H and O–H groups in total. The maximum atomic E-state index is 10.4. The van der Waals surface area contributed by atoms with Crippen molar-refractivity contribution in [2.45, 2.75) is 25.8 Å². The summed E-state index contributed by atoms with van der Waals surface area (Å²) < 4.78 is 0. The number of rotatable bonds is 4. The molecule has 0 aromatic carbocycles. The number of hydrogen-bond acceptors (Lipinski definition) is 3. The highest BCUT2D eigenvalue weighted by Crippen LogP contribution is 2.53. The number of pyridine rings is 1. The second-order valence-electron chi connectivity index (χ2n) is 5.16. The van der Waals surface area contributed by atoms with Crippen LogP contribution >= 0.6 is 0 Å². The van der Waals surface area contributed by atoms with Gasteiger partial charge in [-0.25, -0.2) is 4.98 Å². The molecule has 3 rings (SSSR count). The summed E-state index contributed by atoms with van der Waals surface area (Å²) in [5.41, 5.74) is 1.71. The minimum absolute atomic E-state index is 0.566. The third-order valence-corrected chi connectivity index (χ3v) is 3.94. The molecule has 0 radical (unpaired) electrons. The molecule has 2 aliphatic rings. The van der Waals surface area contributed by atoms with Gasteiger partial charge in [-0.15, -0.1) is 0 Å². The first kappa shape index (κ1) is 10.6. The lowest BCUT2D eigenvalue weighted by atomic mass is 10.1. The number of carbonyl (C=O) groups excluding carboxylic acids is 1. The topological polar surface area (TPSA) is 45.2 Å². The van der Waals surface area contributed by atoms with E-state index in [0.29, 0.717) is 12.0 Å². The van der Waals surface area contributed by atoms with Gasteiger partial charge in [0.05, 0.1) is 0 Å². The Morgan fingerprint density at radius 2 is 2.35 bits per heavy atom. The normalized spacial score (nSPS) is 20.6. The molecule has 1 aromatic heterocycles.